The molecule has 0 radical (unpaired) electrons. The Labute approximate surface area is 101 Å². The lowest BCUT2D eigenvalue weighted by atomic mass is 9.81. The molecule has 1 heterocycles. The second kappa shape index (κ2) is 5.05. The fraction of sp³-hybridized carbons (Fsp3) is 1.00. The van der Waals surface area contributed by atoms with Gasteiger partial charge in [-0.2, -0.15) is 0 Å². The Morgan fingerprint density at radius 1 is 1.12 bits per heavy atom. The van der Waals surface area contributed by atoms with Crippen LogP contribution in [0, 0.1) is 11.3 Å². The summed E-state index contributed by atoms with van der Waals surface area (Å²) in [6.45, 7) is 8.64. The van der Waals surface area contributed by atoms with E-state index in [4.69, 9.17) is 5.73 Å². The second-order valence-corrected chi connectivity index (χ2v) is 6.67. The number of hydrogen-bond donors (Lipinski definition) is 1. The van der Waals surface area contributed by atoms with Gasteiger partial charge in [0.05, 0.1) is 0 Å². The van der Waals surface area contributed by atoms with Crippen molar-refractivity contribution in [3.8, 4) is 0 Å². The van der Waals surface area contributed by atoms with Crippen LogP contribution >= 0.6 is 0 Å². The summed E-state index contributed by atoms with van der Waals surface area (Å²) in [5, 5.41) is 0. The van der Waals surface area contributed by atoms with E-state index in [1.54, 1.807) is 0 Å². The smallest absolute Gasteiger partial charge is 0.00793 e. The van der Waals surface area contributed by atoms with E-state index in [0.29, 0.717) is 11.5 Å². The van der Waals surface area contributed by atoms with Gasteiger partial charge in [0.15, 0.2) is 0 Å². The van der Waals surface area contributed by atoms with Crippen LogP contribution in [0.4, 0.5) is 0 Å². The van der Waals surface area contributed by atoms with Crippen molar-refractivity contribution in [3.63, 3.8) is 0 Å². The SMILES string of the molecule is CC1(C)CCN(CC2CCCCC2N)CC1. The zero-order valence-electron chi connectivity index (χ0n) is 11.0. The average molecular weight is 224 g/mol. The summed E-state index contributed by atoms with van der Waals surface area (Å²) in [7, 11) is 0. The van der Waals surface area contributed by atoms with Gasteiger partial charge in [-0.1, -0.05) is 26.7 Å². The lowest BCUT2D eigenvalue weighted by Crippen LogP contribution is -2.45. The van der Waals surface area contributed by atoms with Crippen LogP contribution in [0.5, 0.6) is 0 Å². The minimum absolute atomic E-state index is 0.476. The standard InChI is InChI=1S/C14H28N2/c1-14(2)7-9-16(10-8-14)11-12-5-3-4-6-13(12)15/h12-13H,3-11,15H2,1-2H3. The fourth-order valence-electron chi connectivity index (χ4n) is 3.14. The zero-order chi connectivity index (χ0) is 11.6. The van der Waals surface area contributed by atoms with Crippen LogP contribution in [0.2, 0.25) is 0 Å². The van der Waals surface area contributed by atoms with E-state index in [2.05, 4.69) is 18.7 Å². The summed E-state index contributed by atoms with van der Waals surface area (Å²) in [4.78, 5) is 2.65. The molecule has 2 heteroatoms. The van der Waals surface area contributed by atoms with E-state index in [1.807, 2.05) is 0 Å². The Morgan fingerprint density at radius 2 is 1.75 bits per heavy atom. The molecule has 2 atom stereocenters. The highest BCUT2D eigenvalue weighted by atomic mass is 15.1. The molecular formula is C14H28N2. The predicted octanol–water partition coefficient (Wildman–Crippen LogP) is 2.63. The molecule has 0 aromatic rings. The fourth-order valence-corrected chi connectivity index (χ4v) is 3.14. The van der Waals surface area contributed by atoms with Crippen molar-refractivity contribution in [3.05, 3.63) is 0 Å². The largest absolute Gasteiger partial charge is 0.327 e. The van der Waals surface area contributed by atoms with Crippen LogP contribution in [-0.2, 0) is 0 Å². The van der Waals surface area contributed by atoms with Gasteiger partial charge in [-0.05, 0) is 50.1 Å². The van der Waals surface area contributed by atoms with Crippen molar-refractivity contribution < 1.29 is 0 Å². The molecule has 2 fully saturated rings. The molecule has 2 rings (SSSR count). The molecule has 1 saturated heterocycles. The van der Waals surface area contributed by atoms with E-state index in [0.717, 1.165) is 5.92 Å². The Morgan fingerprint density at radius 3 is 2.38 bits per heavy atom. The molecule has 0 aromatic carbocycles. The first kappa shape index (κ1) is 12.4. The molecule has 0 amide bonds. The number of likely N-dealkylation sites (tertiary alicyclic amines) is 1. The Kier molecular flexibility index (Phi) is 3.91. The normalized spacial score (nSPS) is 36.2. The molecule has 1 aliphatic heterocycles. The summed E-state index contributed by atoms with van der Waals surface area (Å²) in [5.74, 6) is 0.773. The van der Waals surface area contributed by atoms with Crippen molar-refractivity contribution in [2.75, 3.05) is 19.6 Å². The molecule has 0 bridgehead atoms. The van der Waals surface area contributed by atoms with Crippen molar-refractivity contribution in [1.82, 2.24) is 4.90 Å². The summed E-state index contributed by atoms with van der Waals surface area (Å²) in [6.07, 6.45) is 8.08. The van der Waals surface area contributed by atoms with Crippen molar-refractivity contribution in [1.29, 1.82) is 0 Å². The first-order valence-corrected chi connectivity index (χ1v) is 7.05. The highest BCUT2D eigenvalue weighted by molar-refractivity contribution is 4.84. The van der Waals surface area contributed by atoms with Crippen LogP contribution in [-0.4, -0.2) is 30.6 Å². The maximum absolute atomic E-state index is 6.22. The van der Waals surface area contributed by atoms with Crippen LogP contribution in [0.25, 0.3) is 0 Å². The quantitative estimate of drug-likeness (QED) is 0.781. The van der Waals surface area contributed by atoms with Crippen LogP contribution in [0.15, 0.2) is 0 Å². The predicted molar refractivity (Wildman–Crippen MR) is 69.4 cm³/mol. The third-order valence-electron chi connectivity index (χ3n) is 4.67. The highest BCUT2D eigenvalue weighted by Gasteiger charge is 2.29. The molecule has 0 aromatic heterocycles. The van der Waals surface area contributed by atoms with Gasteiger partial charge in [-0.15, -0.1) is 0 Å². The van der Waals surface area contributed by atoms with Gasteiger partial charge in [-0.3, -0.25) is 0 Å². The van der Waals surface area contributed by atoms with Crippen molar-refractivity contribution in [2.24, 2.45) is 17.1 Å². The van der Waals surface area contributed by atoms with Gasteiger partial charge in [-0.25, -0.2) is 0 Å². The molecular weight excluding hydrogens is 196 g/mol. The molecule has 2 N–H and O–H groups in total. The van der Waals surface area contributed by atoms with E-state index < -0.39 is 0 Å². The lowest BCUT2D eigenvalue weighted by Gasteiger charge is -2.40. The van der Waals surface area contributed by atoms with E-state index in [9.17, 15) is 0 Å². The van der Waals surface area contributed by atoms with E-state index >= 15 is 0 Å². The summed E-state index contributed by atoms with van der Waals surface area (Å²) < 4.78 is 0. The molecule has 1 aliphatic carbocycles. The molecule has 2 nitrogen and oxygen atoms in total. The number of hydrogen-bond acceptors (Lipinski definition) is 2. The maximum atomic E-state index is 6.22. The van der Waals surface area contributed by atoms with Gasteiger partial charge in [0.2, 0.25) is 0 Å². The topological polar surface area (TPSA) is 29.3 Å². The average Bonchev–Trinajstić information content (AvgIpc) is 2.24. The van der Waals surface area contributed by atoms with Crippen molar-refractivity contribution >= 4 is 0 Å². The third-order valence-corrected chi connectivity index (χ3v) is 4.67. The number of rotatable bonds is 2. The Balaban J connectivity index is 1.77. The lowest BCUT2D eigenvalue weighted by molar-refractivity contribution is 0.103. The molecule has 2 unspecified atom stereocenters. The molecule has 1 saturated carbocycles. The maximum Gasteiger partial charge on any atom is 0.00793 e. The summed E-state index contributed by atoms with van der Waals surface area (Å²) in [6, 6.07) is 0.476. The second-order valence-electron chi connectivity index (χ2n) is 6.67. The molecule has 94 valence electrons. The molecule has 16 heavy (non-hydrogen) atoms. The first-order chi connectivity index (χ1) is 7.57. The van der Waals surface area contributed by atoms with E-state index in [-0.39, 0.29) is 0 Å². The number of nitrogens with two attached hydrogens (primary N) is 1. The zero-order valence-corrected chi connectivity index (χ0v) is 11.0. The van der Waals surface area contributed by atoms with Gasteiger partial charge < -0.3 is 10.6 Å². The third kappa shape index (κ3) is 3.21. The van der Waals surface area contributed by atoms with Crippen molar-refractivity contribution in [2.45, 2.75) is 58.4 Å². The van der Waals surface area contributed by atoms with Gasteiger partial charge in [0, 0.05) is 12.6 Å². The Bertz CT molecular complexity index is 215. The van der Waals surface area contributed by atoms with Gasteiger partial charge in [0.25, 0.3) is 0 Å². The first-order valence-electron chi connectivity index (χ1n) is 7.05. The van der Waals surface area contributed by atoms with Gasteiger partial charge >= 0.3 is 0 Å². The van der Waals surface area contributed by atoms with E-state index in [1.165, 1.54) is 58.2 Å². The van der Waals surface area contributed by atoms with Crippen LogP contribution < -0.4 is 5.73 Å². The minimum atomic E-state index is 0.476. The number of piperidine rings is 1. The molecule has 0 spiro atoms. The minimum Gasteiger partial charge on any atom is -0.327 e. The highest BCUT2D eigenvalue weighted by Crippen LogP contribution is 2.31. The van der Waals surface area contributed by atoms with Crippen LogP contribution in [0.1, 0.15) is 52.4 Å². The molecule has 2 aliphatic rings. The number of nitrogens with zero attached hydrogens (tertiary/aromatic N) is 1. The summed E-state index contributed by atoms with van der Waals surface area (Å²) >= 11 is 0. The summed E-state index contributed by atoms with van der Waals surface area (Å²) in [5.41, 5.74) is 6.80. The Hall–Kier alpha value is -0.0800. The van der Waals surface area contributed by atoms with Gasteiger partial charge in [0.1, 0.15) is 0 Å². The monoisotopic (exact) mass is 224 g/mol. The van der Waals surface area contributed by atoms with Crippen LogP contribution in [0.3, 0.4) is 0 Å².